The van der Waals surface area contributed by atoms with Crippen LogP contribution < -0.4 is 5.73 Å². The van der Waals surface area contributed by atoms with Crippen LogP contribution >= 0.6 is 12.4 Å². The van der Waals surface area contributed by atoms with E-state index < -0.39 is 5.60 Å². The Morgan fingerprint density at radius 3 is 2.70 bits per heavy atom. The van der Waals surface area contributed by atoms with Gasteiger partial charge in [0, 0.05) is 19.0 Å². The van der Waals surface area contributed by atoms with Gasteiger partial charge in [-0.05, 0) is 25.3 Å². The summed E-state index contributed by atoms with van der Waals surface area (Å²) in [5, 5.41) is 10.5. The van der Waals surface area contributed by atoms with Gasteiger partial charge in [-0.1, -0.05) is 30.3 Å². The van der Waals surface area contributed by atoms with Gasteiger partial charge in [-0.25, -0.2) is 0 Å². The molecule has 1 aromatic carbocycles. The van der Waals surface area contributed by atoms with Crippen LogP contribution in [0.4, 0.5) is 0 Å². The van der Waals surface area contributed by atoms with Gasteiger partial charge < -0.3 is 15.7 Å². The van der Waals surface area contributed by atoms with Crippen molar-refractivity contribution in [1.82, 2.24) is 4.90 Å². The van der Waals surface area contributed by atoms with Gasteiger partial charge in [0.05, 0.1) is 12.1 Å². The Balaban J connectivity index is 0.00000200. The van der Waals surface area contributed by atoms with E-state index in [4.69, 9.17) is 5.73 Å². The highest BCUT2D eigenvalue weighted by Crippen LogP contribution is 2.30. The summed E-state index contributed by atoms with van der Waals surface area (Å²) in [6, 6.07) is 10.1. The number of hydrogen-bond donors (Lipinski definition) is 2. The largest absolute Gasteiger partial charge is 0.390 e. The molecule has 0 spiro atoms. The number of aliphatic hydroxyl groups is 1. The van der Waals surface area contributed by atoms with Gasteiger partial charge in [0.2, 0.25) is 5.91 Å². The van der Waals surface area contributed by atoms with Crippen molar-refractivity contribution in [1.29, 1.82) is 0 Å². The maximum Gasteiger partial charge on any atom is 0.236 e. The maximum absolute atomic E-state index is 11.7. The van der Waals surface area contributed by atoms with E-state index in [9.17, 15) is 9.90 Å². The molecule has 1 fully saturated rings. The lowest BCUT2D eigenvalue weighted by atomic mass is 9.79. The molecule has 1 aliphatic heterocycles. The average molecular weight is 299 g/mol. The number of rotatable bonds is 3. The van der Waals surface area contributed by atoms with Crippen molar-refractivity contribution in [2.75, 3.05) is 19.6 Å². The summed E-state index contributed by atoms with van der Waals surface area (Å²) in [4.78, 5) is 13.5. The zero-order valence-electron chi connectivity index (χ0n) is 11.8. The van der Waals surface area contributed by atoms with Crippen molar-refractivity contribution in [3.8, 4) is 0 Å². The van der Waals surface area contributed by atoms with Gasteiger partial charge in [0.1, 0.15) is 0 Å². The number of nitrogens with zero attached hydrogens (tertiary/aromatic N) is 1. The molecule has 1 aliphatic rings. The van der Waals surface area contributed by atoms with Crippen molar-refractivity contribution in [2.45, 2.75) is 25.4 Å². The molecule has 5 heteroatoms. The van der Waals surface area contributed by atoms with Crippen LogP contribution in [0.25, 0.3) is 0 Å². The first-order chi connectivity index (χ1) is 9.03. The molecular formula is C15H23ClN2O2. The number of amides is 1. The summed E-state index contributed by atoms with van der Waals surface area (Å²) in [7, 11) is 0. The second kappa shape index (κ2) is 7.07. The smallest absolute Gasteiger partial charge is 0.236 e. The SMILES string of the molecule is C[C@@]1(O)CCN(C(=O)CN)C[C@@H]1Cc1ccccc1.Cl. The van der Waals surface area contributed by atoms with Gasteiger partial charge in [0.25, 0.3) is 0 Å². The predicted octanol–water partition coefficient (Wildman–Crippen LogP) is 1.21. The Bertz CT molecular complexity index is 437. The fourth-order valence-corrected chi connectivity index (χ4v) is 2.66. The second-order valence-corrected chi connectivity index (χ2v) is 5.54. The van der Waals surface area contributed by atoms with Gasteiger partial charge >= 0.3 is 0 Å². The zero-order valence-corrected chi connectivity index (χ0v) is 12.6. The number of carbonyl (C=O) groups is 1. The van der Waals surface area contributed by atoms with Gasteiger partial charge in [-0.15, -0.1) is 12.4 Å². The lowest BCUT2D eigenvalue weighted by molar-refractivity contribution is -0.137. The molecule has 1 saturated heterocycles. The summed E-state index contributed by atoms with van der Waals surface area (Å²) < 4.78 is 0. The minimum Gasteiger partial charge on any atom is -0.390 e. The predicted molar refractivity (Wildman–Crippen MR) is 81.8 cm³/mol. The first-order valence-electron chi connectivity index (χ1n) is 6.77. The van der Waals surface area contributed by atoms with E-state index in [1.807, 2.05) is 25.1 Å². The summed E-state index contributed by atoms with van der Waals surface area (Å²) in [6.07, 6.45) is 1.39. The van der Waals surface area contributed by atoms with E-state index in [0.29, 0.717) is 19.5 Å². The number of carbonyl (C=O) groups excluding carboxylic acids is 1. The molecule has 112 valence electrons. The van der Waals surface area contributed by atoms with Crippen LogP contribution in [-0.2, 0) is 11.2 Å². The monoisotopic (exact) mass is 298 g/mol. The van der Waals surface area contributed by atoms with Crippen molar-refractivity contribution in [2.24, 2.45) is 11.7 Å². The van der Waals surface area contributed by atoms with Gasteiger partial charge in [0.15, 0.2) is 0 Å². The number of piperidine rings is 1. The second-order valence-electron chi connectivity index (χ2n) is 5.54. The standard InChI is InChI=1S/C15H22N2O2.ClH/c1-15(19)7-8-17(14(18)10-16)11-13(15)9-12-5-3-2-4-6-12;/h2-6,13,19H,7-11,16H2,1H3;1H/t13-,15+;/m0./s1. The summed E-state index contributed by atoms with van der Waals surface area (Å²) in [5.41, 5.74) is 5.88. The molecular weight excluding hydrogens is 276 g/mol. The van der Waals surface area contributed by atoms with Crippen LogP contribution in [0.15, 0.2) is 30.3 Å². The molecule has 0 unspecified atom stereocenters. The van der Waals surface area contributed by atoms with Crippen LogP contribution in [-0.4, -0.2) is 41.1 Å². The molecule has 0 aliphatic carbocycles. The topological polar surface area (TPSA) is 66.6 Å². The number of halogens is 1. The third-order valence-corrected chi connectivity index (χ3v) is 4.06. The Morgan fingerprint density at radius 2 is 2.10 bits per heavy atom. The van der Waals surface area contributed by atoms with Crippen molar-refractivity contribution in [3.63, 3.8) is 0 Å². The normalized spacial score (nSPS) is 25.9. The van der Waals surface area contributed by atoms with Crippen LogP contribution in [0, 0.1) is 5.92 Å². The first-order valence-corrected chi connectivity index (χ1v) is 6.77. The highest BCUT2D eigenvalue weighted by atomic mass is 35.5. The molecule has 0 bridgehead atoms. The van der Waals surface area contributed by atoms with E-state index in [1.165, 1.54) is 5.56 Å². The Morgan fingerprint density at radius 1 is 1.45 bits per heavy atom. The van der Waals surface area contributed by atoms with E-state index in [2.05, 4.69) is 12.1 Å². The molecule has 0 aromatic heterocycles. The quantitative estimate of drug-likeness (QED) is 0.881. The lowest BCUT2D eigenvalue weighted by Gasteiger charge is -2.42. The van der Waals surface area contributed by atoms with E-state index >= 15 is 0 Å². The van der Waals surface area contributed by atoms with E-state index in [1.54, 1.807) is 4.90 Å². The molecule has 3 N–H and O–H groups in total. The minimum absolute atomic E-state index is 0. The fourth-order valence-electron chi connectivity index (χ4n) is 2.66. The molecule has 1 amide bonds. The lowest BCUT2D eigenvalue weighted by Crippen LogP contribution is -2.53. The maximum atomic E-state index is 11.7. The Kier molecular flexibility index (Phi) is 5.99. The van der Waals surface area contributed by atoms with Crippen LogP contribution in [0.2, 0.25) is 0 Å². The molecule has 0 radical (unpaired) electrons. The van der Waals surface area contributed by atoms with Crippen molar-refractivity contribution >= 4 is 18.3 Å². The molecule has 2 atom stereocenters. The molecule has 0 saturated carbocycles. The molecule has 1 heterocycles. The van der Waals surface area contributed by atoms with E-state index in [0.717, 1.165) is 6.42 Å². The third kappa shape index (κ3) is 3.95. The number of hydrogen-bond acceptors (Lipinski definition) is 3. The van der Waals surface area contributed by atoms with Gasteiger partial charge in [-0.3, -0.25) is 4.79 Å². The summed E-state index contributed by atoms with van der Waals surface area (Å²) in [6.45, 7) is 3.08. The number of likely N-dealkylation sites (tertiary alicyclic amines) is 1. The van der Waals surface area contributed by atoms with Gasteiger partial charge in [-0.2, -0.15) is 0 Å². The molecule has 2 rings (SSSR count). The summed E-state index contributed by atoms with van der Waals surface area (Å²) >= 11 is 0. The fraction of sp³-hybridized carbons (Fsp3) is 0.533. The molecule has 1 aromatic rings. The van der Waals surface area contributed by atoms with Crippen molar-refractivity contribution < 1.29 is 9.90 Å². The Labute approximate surface area is 126 Å². The number of nitrogens with two attached hydrogens (primary N) is 1. The van der Waals surface area contributed by atoms with Crippen LogP contribution in [0.5, 0.6) is 0 Å². The van der Waals surface area contributed by atoms with Crippen LogP contribution in [0.3, 0.4) is 0 Å². The Hall–Kier alpha value is -1.10. The first kappa shape index (κ1) is 17.0. The van der Waals surface area contributed by atoms with Crippen LogP contribution in [0.1, 0.15) is 18.9 Å². The summed E-state index contributed by atoms with van der Waals surface area (Å²) in [5.74, 6) is 0.0210. The molecule has 20 heavy (non-hydrogen) atoms. The zero-order chi connectivity index (χ0) is 13.9. The molecule has 4 nitrogen and oxygen atoms in total. The highest BCUT2D eigenvalue weighted by Gasteiger charge is 2.38. The third-order valence-electron chi connectivity index (χ3n) is 4.06. The number of benzene rings is 1. The highest BCUT2D eigenvalue weighted by molar-refractivity contribution is 5.85. The van der Waals surface area contributed by atoms with E-state index in [-0.39, 0.29) is 30.8 Å². The minimum atomic E-state index is -0.721. The van der Waals surface area contributed by atoms with Crippen molar-refractivity contribution in [3.05, 3.63) is 35.9 Å². The average Bonchev–Trinajstić information content (AvgIpc) is 2.41.